The third-order valence-electron chi connectivity index (χ3n) is 2.91. The molecule has 0 saturated carbocycles. The number of epoxide rings is 1. The van der Waals surface area contributed by atoms with Crippen LogP contribution in [0.1, 0.15) is 58.8 Å². The summed E-state index contributed by atoms with van der Waals surface area (Å²) in [4.78, 5) is 0. The van der Waals surface area contributed by atoms with E-state index in [1.54, 1.807) is 0 Å². The monoisotopic (exact) mass is 184 g/mol. The van der Waals surface area contributed by atoms with Gasteiger partial charge < -0.3 is 4.74 Å². The molecule has 0 aromatic rings. The topological polar surface area (TPSA) is 12.5 Å². The van der Waals surface area contributed by atoms with E-state index in [-0.39, 0.29) is 0 Å². The average molecular weight is 184 g/mol. The van der Waals surface area contributed by atoms with Crippen molar-refractivity contribution in [2.24, 2.45) is 5.92 Å². The van der Waals surface area contributed by atoms with Crippen LogP contribution >= 0.6 is 0 Å². The van der Waals surface area contributed by atoms with Gasteiger partial charge in [-0.25, -0.2) is 0 Å². The Balaban J connectivity index is 2.04. The first-order valence-electron chi connectivity index (χ1n) is 5.98. The van der Waals surface area contributed by atoms with Crippen molar-refractivity contribution >= 4 is 0 Å². The lowest BCUT2D eigenvalue weighted by atomic mass is 9.92. The van der Waals surface area contributed by atoms with Crippen LogP contribution in [0.3, 0.4) is 0 Å². The van der Waals surface area contributed by atoms with Crippen LogP contribution in [0.15, 0.2) is 0 Å². The van der Waals surface area contributed by atoms with Crippen molar-refractivity contribution in [3.8, 4) is 0 Å². The van der Waals surface area contributed by atoms with Crippen molar-refractivity contribution in [3.05, 3.63) is 0 Å². The van der Waals surface area contributed by atoms with Crippen molar-refractivity contribution in [3.63, 3.8) is 0 Å². The molecule has 13 heavy (non-hydrogen) atoms. The lowest BCUT2D eigenvalue weighted by Crippen LogP contribution is -2.04. The molecular weight excluding hydrogens is 160 g/mol. The molecule has 0 bridgehead atoms. The molecule has 0 N–H and O–H groups in total. The number of ether oxygens (including phenoxy) is 1. The van der Waals surface area contributed by atoms with Gasteiger partial charge in [0.15, 0.2) is 0 Å². The standard InChI is InChI=1S/C12H24O/c1-3-5-6-8-11(7-4-2)9-12-10-13-12/h11-12H,3-10H2,1-2H3. The summed E-state index contributed by atoms with van der Waals surface area (Å²) in [5.41, 5.74) is 0. The van der Waals surface area contributed by atoms with Crippen molar-refractivity contribution in [1.82, 2.24) is 0 Å². The number of rotatable bonds is 8. The fraction of sp³-hybridized carbons (Fsp3) is 1.00. The highest BCUT2D eigenvalue weighted by atomic mass is 16.6. The molecule has 1 heterocycles. The van der Waals surface area contributed by atoms with Crippen LogP contribution in [-0.2, 0) is 4.74 Å². The highest BCUT2D eigenvalue weighted by Crippen LogP contribution is 2.26. The third kappa shape index (κ3) is 5.30. The Hall–Kier alpha value is -0.0400. The summed E-state index contributed by atoms with van der Waals surface area (Å²) in [6, 6.07) is 0. The first-order chi connectivity index (χ1) is 6.36. The van der Waals surface area contributed by atoms with E-state index in [0.29, 0.717) is 6.10 Å². The van der Waals surface area contributed by atoms with Gasteiger partial charge in [-0.1, -0.05) is 52.4 Å². The molecule has 1 heteroatoms. The van der Waals surface area contributed by atoms with Gasteiger partial charge in [-0.15, -0.1) is 0 Å². The molecule has 1 saturated heterocycles. The Morgan fingerprint density at radius 3 is 2.46 bits per heavy atom. The Bertz CT molecular complexity index is 118. The normalized spacial score (nSPS) is 23.1. The van der Waals surface area contributed by atoms with Gasteiger partial charge in [0.2, 0.25) is 0 Å². The van der Waals surface area contributed by atoms with Gasteiger partial charge in [-0.3, -0.25) is 0 Å². The minimum atomic E-state index is 0.637. The van der Waals surface area contributed by atoms with Gasteiger partial charge in [0.25, 0.3) is 0 Å². The second-order valence-corrected chi connectivity index (χ2v) is 4.34. The number of unbranched alkanes of at least 4 members (excludes halogenated alkanes) is 2. The zero-order valence-corrected chi connectivity index (χ0v) is 9.22. The van der Waals surface area contributed by atoms with Crippen LogP contribution in [0.2, 0.25) is 0 Å². The van der Waals surface area contributed by atoms with Gasteiger partial charge in [-0.05, 0) is 12.3 Å². The molecule has 1 fully saturated rings. The maximum atomic E-state index is 5.29. The second-order valence-electron chi connectivity index (χ2n) is 4.34. The second kappa shape index (κ2) is 6.42. The van der Waals surface area contributed by atoms with Crippen LogP contribution in [0.4, 0.5) is 0 Å². The molecule has 1 aliphatic rings. The van der Waals surface area contributed by atoms with Gasteiger partial charge in [0.1, 0.15) is 0 Å². The molecule has 2 unspecified atom stereocenters. The predicted molar refractivity (Wildman–Crippen MR) is 56.9 cm³/mol. The Morgan fingerprint density at radius 2 is 1.92 bits per heavy atom. The Labute approximate surface area is 82.9 Å². The van der Waals surface area contributed by atoms with E-state index in [2.05, 4.69) is 13.8 Å². The first kappa shape index (κ1) is 11.0. The third-order valence-corrected chi connectivity index (χ3v) is 2.91. The average Bonchev–Trinajstić information content (AvgIpc) is 2.89. The van der Waals surface area contributed by atoms with E-state index in [4.69, 9.17) is 4.74 Å². The maximum Gasteiger partial charge on any atom is 0.0812 e. The van der Waals surface area contributed by atoms with E-state index >= 15 is 0 Å². The van der Waals surface area contributed by atoms with E-state index in [1.165, 1.54) is 44.9 Å². The minimum absolute atomic E-state index is 0.637. The lowest BCUT2D eigenvalue weighted by molar-refractivity contribution is 0.323. The molecule has 1 nitrogen and oxygen atoms in total. The number of hydrogen-bond acceptors (Lipinski definition) is 1. The Kier molecular flexibility index (Phi) is 5.45. The zero-order chi connectivity index (χ0) is 9.52. The van der Waals surface area contributed by atoms with Gasteiger partial charge in [-0.2, -0.15) is 0 Å². The van der Waals surface area contributed by atoms with Crippen LogP contribution in [0.5, 0.6) is 0 Å². The summed E-state index contributed by atoms with van der Waals surface area (Å²) in [5, 5.41) is 0. The first-order valence-corrected chi connectivity index (χ1v) is 5.98. The smallest absolute Gasteiger partial charge is 0.0812 e. The van der Waals surface area contributed by atoms with Crippen LogP contribution in [0, 0.1) is 5.92 Å². The van der Waals surface area contributed by atoms with Crippen molar-refractivity contribution in [2.75, 3.05) is 6.61 Å². The molecule has 0 aromatic heterocycles. The highest BCUT2D eigenvalue weighted by molar-refractivity contribution is 4.74. The lowest BCUT2D eigenvalue weighted by Gasteiger charge is -2.14. The molecule has 2 atom stereocenters. The van der Waals surface area contributed by atoms with E-state index in [9.17, 15) is 0 Å². The molecule has 0 spiro atoms. The molecule has 0 amide bonds. The summed E-state index contributed by atoms with van der Waals surface area (Å²) in [5.74, 6) is 0.948. The van der Waals surface area contributed by atoms with Crippen molar-refractivity contribution < 1.29 is 4.74 Å². The molecule has 78 valence electrons. The quantitative estimate of drug-likeness (QED) is 0.413. The highest BCUT2D eigenvalue weighted by Gasteiger charge is 2.25. The fourth-order valence-corrected chi connectivity index (χ4v) is 2.05. The molecule has 0 radical (unpaired) electrons. The molecule has 1 rings (SSSR count). The largest absolute Gasteiger partial charge is 0.373 e. The van der Waals surface area contributed by atoms with E-state index in [1.807, 2.05) is 0 Å². The summed E-state index contributed by atoms with van der Waals surface area (Å²) in [6.45, 7) is 5.60. The van der Waals surface area contributed by atoms with E-state index < -0.39 is 0 Å². The Morgan fingerprint density at radius 1 is 1.15 bits per heavy atom. The maximum absolute atomic E-state index is 5.29. The summed E-state index contributed by atoms with van der Waals surface area (Å²) >= 11 is 0. The van der Waals surface area contributed by atoms with Gasteiger partial charge >= 0.3 is 0 Å². The molecular formula is C12H24O. The summed E-state index contributed by atoms with van der Waals surface area (Å²) < 4.78 is 5.29. The fourth-order valence-electron chi connectivity index (χ4n) is 2.05. The van der Waals surface area contributed by atoms with Crippen molar-refractivity contribution in [2.45, 2.75) is 64.9 Å². The predicted octanol–water partition coefficient (Wildman–Crippen LogP) is 3.77. The van der Waals surface area contributed by atoms with Crippen LogP contribution < -0.4 is 0 Å². The van der Waals surface area contributed by atoms with Crippen LogP contribution in [0.25, 0.3) is 0 Å². The SMILES string of the molecule is CCCCCC(CCC)CC1CO1. The molecule has 0 aliphatic carbocycles. The van der Waals surface area contributed by atoms with Crippen molar-refractivity contribution in [1.29, 1.82) is 0 Å². The molecule has 1 aliphatic heterocycles. The number of hydrogen-bond donors (Lipinski definition) is 0. The van der Waals surface area contributed by atoms with Gasteiger partial charge in [0.05, 0.1) is 12.7 Å². The zero-order valence-electron chi connectivity index (χ0n) is 9.22. The summed E-state index contributed by atoms with van der Waals surface area (Å²) in [6.07, 6.45) is 10.3. The van der Waals surface area contributed by atoms with Gasteiger partial charge in [0, 0.05) is 0 Å². The molecule has 0 aromatic carbocycles. The van der Waals surface area contributed by atoms with E-state index in [0.717, 1.165) is 12.5 Å². The van der Waals surface area contributed by atoms with Crippen LogP contribution in [-0.4, -0.2) is 12.7 Å². The minimum Gasteiger partial charge on any atom is -0.373 e. The summed E-state index contributed by atoms with van der Waals surface area (Å²) in [7, 11) is 0.